The molecule has 2 N–H and O–H groups in total. The summed E-state index contributed by atoms with van der Waals surface area (Å²) < 4.78 is 5.50. The molecule has 2 atom stereocenters. The van der Waals surface area contributed by atoms with Crippen molar-refractivity contribution in [2.75, 3.05) is 13.2 Å². The number of carbonyl (C=O) groups excluding carboxylic acids is 1. The molecule has 0 spiro atoms. The summed E-state index contributed by atoms with van der Waals surface area (Å²) in [5, 5.41) is 16.2. The van der Waals surface area contributed by atoms with Gasteiger partial charge in [-0.25, -0.2) is 4.79 Å². The zero-order valence-corrected chi connectivity index (χ0v) is 13.3. The van der Waals surface area contributed by atoms with Crippen LogP contribution in [0, 0.1) is 16.0 Å². The van der Waals surface area contributed by atoms with E-state index >= 15 is 0 Å². The molecule has 126 valence electrons. The largest absolute Gasteiger partial charge is 0.378 e. The highest BCUT2D eigenvalue weighted by Gasteiger charge is 2.18. The number of hydrogen-bond donors (Lipinski definition) is 2. The summed E-state index contributed by atoms with van der Waals surface area (Å²) in [5.74, 6) is 0.605. The average molecular weight is 321 g/mol. The maximum atomic E-state index is 11.7. The van der Waals surface area contributed by atoms with Crippen LogP contribution in [0.1, 0.15) is 31.7 Å². The number of nitro benzene ring substituents is 1. The van der Waals surface area contributed by atoms with E-state index in [1.165, 1.54) is 12.1 Å². The summed E-state index contributed by atoms with van der Waals surface area (Å²) in [6, 6.07) is 5.93. The minimum Gasteiger partial charge on any atom is -0.378 e. The molecular weight excluding hydrogens is 298 g/mol. The van der Waals surface area contributed by atoms with Crippen molar-refractivity contribution in [3.05, 3.63) is 39.9 Å². The second-order valence-electron chi connectivity index (χ2n) is 5.89. The van der Waals surface area contributed by atoms with Gasteiger partial charge in [-0.1, -0.05) is 12.1 Å². The summed E-state index contributed by atoms with van der Waals surface area (Å²) in [5.41, 5.74) is 0.868. The van der Waals surface area contributed by atoms with E-state index in [0.29, 0.717) is 25.1 Å². The first kappa shape index (κ1) is 17.2. The quantitative estimate of drug-likeness (QED) is 0.622. The van der Waals surface area contributed by atoms with Gasteiger partial charge in [-0.3, -0.25) is 10.1 Å². The van der Waals surface area contributed by atoms with E-state index in [2.05, 4.69) is 17.6 Å². The first-order chi connectivity index (χ1) is 11.0. The predicted molar refractivity (Wildman–Crippen MR) is 86.1 cm³/mol. The highest BCUT2D eigenvalue weighted by atomic mass is 16.6. The number of ether oxygens (including phenoxy) is 1. The van der Waals surface area contributed by atoms with E-state index in [9.17, 15) is 14.9 Å². The standard InChI is InChI=1S/C16H23N3O4/c1-12-10-13(7-9-23-12)6-8-17-16(20)18-11-14-2-4-15(5-3-14)19(21)22/h2-5,12-13H,6-11H2,1H3,(H2,17,18,20)/t12-,13-/m1/s1. The summed E-state index contributed by atoms with van der Waals surface area (Å²) in [4.78, 5) is 21.9. The van der Waals surface area contributed by atoms with Gasteiger partial charge in [0.15, 0.2) is 0 Å². The molecule has 7 nitrogen and oxygen atoms in total. The second kappa shape index (κ2) is 8.47. The number of nitrogens with zero attached hydrogens (tertiary/aromatic N) is 1. The number of benzene rings is 1. The van der Waals surface area contributed by atoms with Crippen molar-refractivity contribution in [3.63, 3.8) is 0 Å². The number of urea groups is 1. The van der Waals surface area contributed by atoms with Crippen molar-refractivity contribution in [3.8, 4) is 0 Å². The van der Waals surface area contributed by atoms with Crippen molar-refractivity contribution < 1.29 is 14.5 Å². The van der Waals surface area contributed by atoms with Crippen LogP contribution < -0.4 is 10.6 Å². The van der Waals surface area contributed by atoms with Gasteiger partial charge in [-0.15, -0.1) is 0 Å². The highest BCUT2D eigenvalue weighted by Crippen LogP contribution is 2.22. The van der Waals surface area contributed by atoms with E-state index in [-0.39, 0.29) is 11.7 Å². The van der Waals surface area contributed by atoms with Gasteiger partial charge in [-0.2, -0.15) is 0 Å². The minimum atomic E-state index is -0.443. The maximum Gasteiger partial charge on any atom is 0.315 e. The smallest absolute Gasteiger partial charge is 0.315 e. The van der Waals surface area contributed by atoms with Crippen LogP contribution in [0.15, 0.2) is 24.3 Å². The van der Waals surface area contributed by atoms with Gasteiger partial charge in [-0.05, 0) is 37.7 Å². The first-order valence-electron chi connectivity index (χ1n) is 7.91. The Bertz CT molecular complexity index is 533. The lowest BCUT2D eigenvalue weighted by molar-refractivity contribution is -0.384. The molecular formula is C16H23N3O4. The van der Waals surface area contributed by atoms with Crippen molar-refractivity contribution >= 4 is 11.7 Å². The fraction of sp³-hybridized carbons (Fsp3) is 0.562. The normalized spacial score (nSPS) is 20.7. The molecule has 0 unspecified atom stereocenters. The van der Waals surface area contributed by atoms with Crippen LogP contribution in [0.5, 0.6) is 0 Å². The van der Waals surface area contributed by atoms with Crippen LogP contribution in [0.25, 0.3) is 0 Å². The highest BCUT2D eigenvalue weighted by molar-refractivity contribution is 5.73. The molecule has 2 amide bonds. The summed E-state index contributed by atoms with van der Waals surface area (Å²) in [6.45, 7) is 3.87. The fourth-order valence-corrected chi connectivity index (χ4v) is 2.72. The average Bonchev–Trinajstić information content (AvgIpc) is 2.53. The Kier molecular flexibility index (Phi) is 6.34. The number of non-ortho nitro benzene ring substituents is 1. The third-order valence-electron chi connectivity index (χ3n) is 4.03. The molecule has 0 aliphatic carbocycles. The molecule has 1 heterocycles. The second-order valence-corrected chi connectivity index (χ2v) is 5.89. The number of hydrogen-bond acceptors (Lipinski definition) is 4. The molecule has 1 aliphatic rings. The van der Waals surface area contributed by atoms with Gasteiger partial charge in [0, 0.05) is 31.8 Å². The molecule has 2 rings (SSSR count). The van der Waals surface area contributed by atoms with E-state index in [4.69, 9.17) is 4.74 Å². The van der Waals surface area contributed by atoms with Gasteiger partial charge in [0.2, 0.25) is 0 Å². The molecule has 1 saturated heterocycles. The third-order valence-corrected chi connectivity index (χ3v) is 4.03. The Morgan fingerprint density at radius 1 is 1.35 bits per heavy atom. The van der Waals surface area contributed by atoms with Crippen molar-refractivity contribution in [2.45, 2.75) is 38.8 Å². The van der Waals surface area contributed by atoms with Crippen LogP contribution >= 0.6 is 0 Å². The lowest BCUT2D eigenvalue weighted by Crippen LogP contribution is -2.36. The Morgan fingerprint density at radius 2 is 2.09 bits per heavy atom. The van der Waals surface area contributed by atoms with E-state index in [1.54, 1.807) is 12.1 Å². The number of nitrogens with one attached hydrogen (secondary N) is 2. The van der Waals surface area contributed by atoms with Gasteiger partial charge >= 0.3 is 6.03 Å². The molecule has 0 saturated carbocycles. The zero-order valence-electron chi connectivity index (χ0n) is 13.3. The minimum absolute atomic E-state index is 0.0453. The molecule has 7 heteroatoms. The maximum absolute atomic E-state index is 11.7. The number of nitro groups is 1. The van der Waals surface area contributed by atoms with E-state index < -0.39 is 4.92 Å². The van der Waals surface area contributed by atoms with Crippen LogP contribution in [-0.2, 0) is 11.3 Å². The summed E-state index contributed by atoms with van der Waals surface area (Å²) >= 11 is 0. The van der Waals surface area contributed by atoms with Gasteiger partial charge in [0.05, 0.1) is 11.0 Å². The molecule has 1 aromatic rings. The van der Waals surface area contributed by atoms with Crippen molar-refractivity contribution in [1.29, 1.82) is 0 Å². The monoisotopic (exact) mass is 321 g/mol. The number of amides is 2. The molecule has 23 heavy (non-hydrogen) atoms. The molecule has 0 radical (unpaired) electrons. The Hall–Kier alpha value is -2.15. The number of carbonyl (C=O) groups is 1. The topological polar surface area (TPSA) is 93.5 Å². The van der Waals surface area contributed by atoms with Crippen LogP contribution in [-0.4, -0.2) is 30.2 Å². The molecule has 0 aromatic heterocycles. The van der Waals surface area contributed by atoms with Crippen LogP contribution in [0.3, 0.4) is 0 Å². The molecule has 0 bridgehead atoms. The summed E-state index contributed by atoms with van der Waals surface area (Å²) in [6.07, 6.45) is 3.37. The molecule has 1 aliphatic heterocycles. The number of rotatable bonds is 6. The predicted octanol–water partition coefficient (Wildman–Crippen LogP) is 2.60. The van der Waals surface area contributed by atoms with Gasteiger partial charge < -0.3 is 15.4 Å². The summed E-state index contributed by atoms with van der Waals surface area (Å²) in [7, 11) is 0. The van der Waals surface area contributed by atoms with Crippen molar-refractivity contribution in [2.24, 2.45) is 5.92 Å². The van der Waals surface area contributed by atoms with E-state index in [1.807, 2.05) is 0 Å². The van der Waals surface area contributed by atoms with Gasteiger partial charge in [0.1, 0.15) is 0 Å². The lowest BCUT2D eigenvalue weighted by Gasteiger charge is -2.27. The van der Waals surface area contributed by atoms with Gasteiger partial charge in [0.25, 0.3) is 5.69 Å². The van der Waals surface area contributed by atoms with Crippen LogP contribution in [0.2, 0.25) is 0 Å². The van der Waals surface area contributed by atoms with Crippen LogP contribution in [0.4, 0.5) is 10.5 Å². The zero-order chi connectivity index (χ0) is 16.7. The Labute approximate surface area is 135 Å². The SMILES string of the molecule is C[C@@H]1C[C@H](CCNC(=O)NCc2ccc([N+](=O)[O-])cc2)CCO1. The Morgan fingerprint density at radius 3 is 2.74 bits per heavy atom. The molecule has 1 fully saturated rings. The van der Waals surface area contributed by atoms with Crippen molar-refractivity contribution in [1.82, 2.24) is 10.6 Å². The molecule has 1 aromatic carbocycles. The lowest BCUT2D eigenvalue weighted by atomic mass is 9.93. The first-order valence-corrected chi connectivity index (χ1v) is 7.91. The Balaban J connectivity index is 1.64. The third kappa shape index (κ3) is 5.86. The fourth-order valence-electron chi connectivity index (χ4n) is 2.72. The van der Waals surface area contributed by atoms with E-state index in [0.717, 1.165) is 31.4 Å².